The molecule has 0 saturated heterocycles. The van der Waals surface area contributed by atoms with Crippen LogP contribution in [0.4, 0.5) is 0 Å². The predicted molar refractivity (Wildman–Crippen MR) is 71.2 cm³/mol. The highest BCUT2D eigenvalue weighted by Gasteiger charge is 2.19. The molecule has 0 spiro atoms. The van der Waals surface area contributed by atoms with E-state index in [1.807, 2.05) is 0 Å². The number of halogens is 1. The lowest BCUT2D eigenvalue weighted by Crippen LogP contribution is -2.04. The SMILES string of the molecule is COc1cc(OC)c(-n2nnc(C(=O)O)c2C)cc1Cl. The third kappa shape index (κ3) is 2.27. The summed E-state index contributed by atoms with van der Waals surface area (Å²) < 4.78 is 11.7. The Morgan fingerprint density at radius 1 is 1.30 bits per heavy atom. The van der Waals surface area contributed by atoms with Crippen LogP contribution in [0.2, 0.25) is 5.02 Å². The highest BCUT2D eigenvalue weighted by Crippen LogP contribution is 2.34. The van der Waals surface area contributed by atoms with E-state index in [-0.39, 0.29) is 5.69 Å². The minimum atomic E-state index is -1.15. The molecule has 106 valence electrons. The van der Waals surface area contributed by atoms with E-state index in [4.69, 9.17) is 26.2 Å². The molecule has 1 N–H and O–H groups in total. The maximum Gasteiger partial charge on any atom is 0.358 e. The molecule has 7 nitrogen and oxygen atoms in total. The number of carboxylic acid groups (broad SMARTS) is 1. The highest BCUT2D eigenvalue weighted by atomic mass is 35.5. The molecule has 2 rings (SSSR count). The van der Waals surface area contributed by atoms with Gasteiger partial charge in [-0.2, -0.15) is 0 Å². The Hall–Kier alpha value is -2.28. The first kappa shape index (κ1) is 14.1. The molecule has 0 saturated carbocycles. The number of methoxy groups -OCH3 is 2. The number of hydrogen-bond donors (Lipinski definition) is 1. The van der Waals surface area contributed by atoms with Gasteiger partial charge in [0.15, 0.2) is 5.69 Å². The number of aromatic nitrogens is 3. The first-order chi connectivity index (χ1) is 9.49. The summed E-state index contributed by atoms with van der Waals surface area (Å²) in [5.74, 6) is -0.257. The summed E-state index contributed by atoms with van der Waals surface area (Å²) in [5, 5.41) is 16.8. The van der Waals surface area contributed by atoms with E-state index in [2.05, 4.69) is 10.3 Å². The second-order valence-corrected chi connectivity index (χ2v) is 4.31. The Morgan fingerprint density at radius 3 is 2.45 bits per heavy atom. The molecule has 0 aliphatic rings. The molecule has 0 unspecified atom stereocenters. The van der Waals surface area contributed by atoms with Gasteiger partial charge >= 0.3 is 5.97 Å². The van der Waals surface area contributed by atoms with Crippen LogP contribution in [0, 0.1) is 6.92 Å². The zero-order chi connectivity index (χ0) is 14.9. The first-order valence-corrected chi connectivity index (χ1v) is 5.94. The molecule has 0 radical (unpaired) electrons. The Morgan fingerprint density at radius 2 is 1.95 bits per heavy atom. The molecule has 0 fully saturated rings. The van der Waals surface area contributed by atoms with Crippen LogP contribution in [-0.2, 0) is 0 Å². The summed E-state index contributed by atoms with van der Waals surface area (Å²) in [6, 6.07) is 3.17. The molecule has 2 aromatic rings. The van der Waals surface area contributed by atoms with E-state index in [1.54, 1.807) is 19.1 Å². The van der Waals surface area contributed by atoms with Gasteiger partial charge < -0.3 is 14.6 Å². The molecule has 1 aromatic carbocycles. The number of aromatic carboxylic acids is 1. The Labute approximate surface area is 119 Å². The van der Waals surface area contributed by atoms with Crippen LogP contribution in [0.5, 0.6) is 11.5 Å². The Kier molecular flexibility index (Phi) is 3.80. The third-order valence-corrected chi connectivity index (χ3v) is 3.07. The van der Waals surface area contributed by atoms with Gasteiger partial charge in [0, 0.05) is 6.07 Å². The quantitative estimate of drug-likeness (QED) is 0.928. The second kappa shape index (κ2) is 5.38. The molecule has 1 aromatic heterocycles. The summed E-state index contributed by atoms with van der Waals surface area (Å²) in [4.78, 5) is 11.0. The lowest BCUT2D eigenvalue weighted by Gasteiger charge is -2.12. The number of ether oxygens (including phenoxy) is 2. The van der Waals surface area contributed by atoms with Crippen LogP contribution in [0.3, 0.4) is 0 Å². The smallest absolute Gasteiger partial charge is 0.358 e. The van der Waals surface area contributed by atoms with E-state index in [0.717, 1.165) is 0 Å². The molecule has 20 heavy (non-hydrogen) atoms. The number of benzene rings is 1. The van der Waals surface area contributed by atoms with Gasteiger partial charge in [-0.1, -0.05) is 16.8 Å². The van der Waals surface area contributed by atoms with Crippen molar-refractivity contribution >= 4 is 17.6 Å². The predicted octanol–water partition coefficient (Wildman–Crippen LogP) is 1.94. The van der Waals surface area contributed by atoms with Gasteiger partial charge in [-0.15, -0.1) is 5.10 Å². The van der Waals surface area contributed by atoms with E-state index in [0.29, 0.717) is 27.9 Å². The zero-order valence-electron chi connectivity index (χ0n) is 11.0. The average molecular weight is 298 g/mol. The number of rotatable bonds is 4. The molecular weight excluding hydrogens is 286 g/mol. The van der Waals surface area contributed by atoms with Gasteiger partial charge in [0.05, 0.1) is 24.9 Å². The summed E-state index contributed by atoms with van der Waals surface area (Å²) >= 11 is 6.07. The first-order valence-electron chi connectivity index (χ1n) is 5.57. The van der Waals surface area contributed by atoms with Gasteiger partial charge in [0.2, 0.25) is 0 Å². The van der Waals surface area contributed by atoms with Crippen molar-refractivity contribution in [3.63, 3.8) is 0 Å². The highest BCUT2D eigenvalue weighted by molar-refractivity contribution is 6.32. The standard InChI is InChI=1S/C12H12ClN3O4/c1-6-11(12(17)18)14-15-16(6)8-4-7(13)9(19-2)5-10(8)20-3/h4-5H,1-3H3,(H,17,18). The Balaban J connectivity index is 2.63. The van der Waals surface area contributed by atoms with Crippen LogP contribution in [0.1, 0.15) is 16.2 Å². The Bertz CT molecular complexity index is 669. The van der Waals surface area contributed by atoms with Crippen molar-refractivity contribution in [2.75, 3.05) is 14.2 Å². The van der Waals surface area contributed by atoms with Crippen molar-refractivity contribution < 1.29 is 19.4 Å². The van der Waals surface area contributed by atoms with Crippen LogP contribution in [-0.4, -0.2) is 40.3 Å². The van der Waals surface area contributed by atoms with E-state index >= 15 is 0 Å². The minimum Gasteiger partial charge on any atom is -0.495 e. The van der Waals surface area contributed by atoms with Crippen molar-refractivity contribution in [1.82, 2.24) is 15.0 Å². The molecule has 8 heteroatoms. The summed E-state index contributed by atoms with van der Waals surface area (Å²) in [6.07, 6.45) is 0. The number of carbonyl (C=O) groups is 1. The summed E-state index contributed by atoms with van der Waals surface area (Å²) in [5.41, 5.74) is 0.729. The topological polar surface area (TPSA) is 86.5 Å². The minimum absolute atomic E-state index is 0.126. The number of carboxylic acids is 1. The van der Waals surface area contributed by atoms with Crippen molar-refractivity contribution in [3.05, 3.63) is 28.5 Å². The number of nitrogens with zero attached hydrogens (tertiary/aromatic N) is 3. The van der Waals surface area contributed by atoms with Crippen LogP contribution >= 0.6 is 11.6 Å². The van der Waals surface area contributed by atoms with Crippen molar-refractivity contribution in [3.8, 4) is 17.2 Å². The largest absolute Gasteiger partial charge is 0.495 e. The summed E-state index contributed by atoms with van der Waals surface area (Å²) in [6.45, 7) is 1.60. The average Bonchev–Trinajstić information content (AvgIpc) is 2.80. The lowest BCUT2D eigenvalue weighted by molar-refractivity contribution is 0.0689. The molecule has 0 aliphatic heterocycles. The molecule has 0 aliphatic carbocycles. The maximum atomic E-state index is 11.0. The van der Waals surface area contributed by atoms with Crippen molar-refractivity contribution in [2.24, 2.45) is 0 Å². The van der Waals surface area contributed by atoms with E-state index in [1.165, 1.54) is 18.9 Å². The third-order valence-electron chi connectivity index (χ3n) is 2.78. The maximum absolute atomic E-state index is 11.0. The number of hydrogen-bond acceptors (Lipinski definition) is 5. The monoisotopic (exact) mass is 297 g/mol. The second-order valence-electron chi connectivity index (χ2n) is 3.90. The van der Waals surface area contributed by atoms with Crippen LogP contribution < -0.4 is 9.47 Å². The molecule has 0 amide bonds. The normalized spacial score (nSPS) is 10.4. The fourth-order valence-corrected chi connectivity index (χ4v) is 2.00. The molecule has 1 heterocycles. The fourth-order valence-electron chi connectivity index (χ4n) is 1.77. The molecule has 0 atom stereocenters. The fraction of sp³-hybridized carbons (Fsp3) is 0.250. The molecule has 0 bridgehead atoms. The zero-order valence-corrected chi connectivity index (χ0v) is 11.8. The van der Waals surface area contributed by atoms with Crippen LogP contribution in [0.15, 0.2) is 12.1 Å². The van der Waals surface area contributed by atoms with E-state index < -0.39 is 5.97 Å². The van der Waals surface area contributed by atoms with E-state index in [9.17, 15) is 4.79 Å². The van der Waals surface area contributed by atoms with Gasteiger partial charge in [-0.05, 0) is 13.0 Å². The van der Waals surface area contributed by atoms with Crippen molar-refractivity contribution in [1.29, 1.82) is 0 Å². The van der Waals surface area contributed by atoms with Crippen molar-refractivity contribution in [2.45, 2.75) is 6.92 Å². The molecular formula is C12H12ClN3O4. The van der Waals surface area contributed by atoms with Crippen LogP contribution in [0.25, 0.3) is 5.69 Å². The van der Waals surface area contributed by atoms with Gasteiger partial charge in [0.25, 0.3) is 0 Å². The summed E-state index contributed by atoms with van der Waals surface area (Å²) in [7, 11) is 2.97. The van der Waals surface area contributed by atoms with Gasteiger partial charge in [-0.25, -0.2) is 9.48 Å². The lowest BCUT2D eigenvalue weighted by atomic mass is 10.2. The van der Waals surface area contributed by atoms with Gasteiger partial charge in [0.1, 0.15) is 17.2 Å². The van der Waals surface area contributed by atoms with Gasteiger partial charge in [-0.3, -0.25) is 0 Å².